The molecule has 4 rings (SSSR count). The second kappa shape index (κ2) is 8.41. The van der Waals surface area contributed by atoms with Crippen molar-refractivity contribution in [2.24, 2.45) is 10.7 Å². The lowest BCUT2D eigenvalue weighted by Gasteiger charge is -2.26. The fourth-order valence-electron chi connectivity index (χ4n) is 3.74. The van der Waals surface area contributed by atoms with E-state index >= 15 is 0 Å². The van der Waals surface area contributed by atoms with Crippen LogP contribution in [0.4, 0.5) is 4.39 Å². The highest BCUT2D eigenvalue weighted by Gasteiger charge is 2.49. The number of benzene rings is 2. The van der Waals surface area contributed by atoms with E-state index in [0.717, 1.165) is 6.26 Å². The van der Waals surface area contributed by atoms with E-state index in [2.05, 4.69) is 9.98 Å². The zero-order valence-corrected chi connectivity index (χ0v) is 19.3. The number of aliphatic imine (C=N–C) groups is 1. The third-order valence-electron chi connectivity index (χ3n) is 5.39. The molecule has 0 fully saturated rings. The number of halogens is 1. The van der Waals surface area contributed by atoms with Crippen LogP contribution in [-0.2, 0) is 20.5 Å². The minimum atomic E-state index is -3.73. The van der Waals surface area contributed by atoms with Crippen LogP contribution in [0.2, 0.25) is 0 Å². The van der Waals surface area contributed by atoms with Crippen LogP contribution in [0.1, 0.15) is 11.1 Å². The van der Waals surface area contributed by atoms with Crippen molar-refractivity contribution in [2.45, 2.75) is 5.54 Å². The van der Waals surface area contributed by atoms with Gasteiger partial charge in [-0.1, -0.05) is 18.2 Å². The molecule has 2 aromatic carbocycles. The van der Waals surface area contributed by atoms with Crippen LogP contribution in [0.25, 0.3) is 11.3 Å². The number of likely N-dealkylation sites (N-methyl/N-ethyl adjacent to an activating group) is 1. The quantitative estimate of drug-likeness (QED) is 0.532. The van der Waals surface area contributed by atoms with Crippen molar-refractivity contribution in [2.75, 3.05) is 20.4 Å². The van der Waals surface area contributed by atoms with E-state index in [9.17, 15) is 17.6 Å². The fourth-order valence-corrected chi connectivity index (χ4v) is 4.20. The Bertz CT molecular complexity index is 1410. The molecule has 0 saturated carbocycles. The van der Waals surface area contributed by atoms with E-state index in [1.165, 1.54) is 67.7 Å². The number of carbonyl (C=O) groups excluding carboxylic acids is 1. The number of pyridine rings is 1. The Morgan fingerprint density at radius 3 is 2.29 bits per heavy atom. The third-order valence-corrected chi connectivity index (χ3v) is 5.88. The summed E-state index contributed by atoms with van der Waals surface area (Å²) in [6.07, 6.45) is 2.41. The van der Waals surface area contributed by atoms with E-state index in [-0.39, 0.29) is 17.3 Å². The van der Waals surface area contributed by atoms with Crippen LogP contribution < -0.4 is 14.7 Å². The molecule has 1 amide bonds. The average Bonchev–Trinajstić information content (AvgIpc) is 3.03. The van der Waals surface area contributed by atoms with Crippen molar-refractivity contribution in [1.82, 2.24) is 9.88 Å². The maximum atomic E-state index is 14.9. The molecule has 1 aliphatic rings. The Morgan fingerprint density at radius 1 is 1.03 bits per heavy atom. The third kappa shape index (κ3) is 4.05. The molecule has 0 bridgehead atoms. The van der Waals surface area contributed by atoms with E-state index in [4.69, 9.17) is 14.7 Å². The first-order valence-corrected chi connectivity index (χ1v) is 11.8. The first-order chi connectivity index (χ1) is 16.0. The van der Waals surface area contributed by atoms with Gasteiger partial charge in [-0.25, -0.2) is 9.38 Å². The van der Waals surface area contributed by atoms with Crippen molar-refractivity contribution in [3.05, 3.63) is 77.7 Å². The minimum Gasteiger partial charge on any atom is -0.497 e. The van der Waals surface area contributed by atoms with Crippen LogP contribution in [0.15, 0.2) is 65.8 Å². The number of nitrogens with two attached hydrogens (primary N) is 1. The zero-order valence-electron chi connectivity index (χ0n) is 18.5. The summed E-state index contributed by atoms with van der Waals surface area (Å²) in [5, 5.41) is 0. The largest absolute Gasteiger partial charge is 0.497 e. The number of aromatic nitrogens is 1. The topological polar surface area (TPSA) is 124 Å². The molecule has 1 aromatic heterocycles. The molecule has 2 heterocycles. The van der Waals surface area contributed by atoms with E-state index in [0.29, 0.717) is 22.6 Å². The number of hydrogen-bond donors (Lipinski definition) is 1. The molecule has 11 heteroatoms. The molecule has 0 aliphatic carbocycles. The molecule has 1 atom stereocenters. The minimum absolute atomic E-state index is 0.0214. The molecular weight excluding hydrogens is 463 g/mol. The first kappa shape index (κ1) is 23.2. The van der Waals surface area contributed by atoms with E-state index in [1.807, 2.05) is 0 Å². The highest BCUT2D eigenvalue weighted by Crippen LogP contribution is 2.41. The SMILES string of the molecule is COc1ccnc(-c2cc(C3(c4ccc(OS(C)(=O)=O)cc4)N=C(N)N(C)C3=O)ccc2F)c1. The number of amides is 1. The fraction of sp³-hybridized carbons (Fsp3) is 0.174. The second-order valence-electron chi connectivity index (χ2n) is 7.63. The number of guanidine groups is 1. The number of carbonyl (C=O) groups is 1. The summed E-state index contributed by atoms with van der Waals surface area (Å²) in [6.45, 7) is 0. The maximum Gasteiger partial charge on any atom is 0.306 e. The van der Waals surface area contributed by atoms with Gasteiger partial charge in [0.25, 0.3) is 5.91 Å². The molecule has 0 spiro atoms. The summed E-state index contributed by atoms with van der Waals surface area (Å²) < 4.78 is 47.8. The summed E-state index contributed by atoms with van der Waals surface area (Å²) in [5.74, 6) is -0.473. The Morgan fingerprint density at radius 2 is 1.71 bits per heavy atom. The maximum absolute atomic E-state index is 14.9. The van der Waals surface area contributed by atoms with Crippen LogP contribution in [0, 0.1) is 5.82 Å². The predicted octanol–water partition coefficient (Wildman–Crippen LogP) is 2.26. The second-order valence-corrected chi connectivity index (χ2v) is 9.21. The molecule has 176 valence electrons. The Kier molecular flexibility index (Phi) is 5.74. The van der Waals surface area contributed by atoms with Gasteiger partial charge in [0.05, 0.1) is 19.1 Å². The monoisotopic (exact) mass is 484 g/mol. The smallest absolute Gasteiger partial charge is 0.306 e. The van der Waals surface area contributed by atoms with E-state index in [1.54, 1.807) is 12.1 Å². The van der Waals surface area contributed by atoms with Gasteiger partial charge in [-0.05, 0) is 41.5 Å². The van der Waals surface area contributed by atoms with E-state index < -0.39 is 27.4 Å². The van der Waals surface area contributed by atoms with Gasteiger partial charge in [-0.15, -0.1) is 0 Å². The average molecular weight is 485 g/mol. The normalized spacial score (nSPS) is 18.1. The van der Waals surface area contributed by atoms with Gasteiger partial charge in [0.2, 0.25) is 0 Å². The van der Waals surface area contributed by atoms with Crippen molar-refractivity contribution in [3.8, 4) is 22.8 Å². The Labute approximate surface area is 195 Å². The molecule has 0 radical (unpaired) electrons. The zero-order chi connectivity index (χ0) is 24.7. The van der Waals surface area contributed by atoms with Gasteiger partial charge >= 0.3 is 10.1 Å². The molecule has 1 unspecified atom stereocenters. The van der Waals surface area contributed by atoms with Gasteiger partial charge in [-0.2, -0.15) is 8.42 Å². The summed E-state index contributed by atoms with van der Waals surface area (Å²) in [5.41, 5.74) is 5.57. The lowest BCUT2D eigenvalue weighted by Crippen LogP contribution is -2.41. The molecule has 9 nitrogen and oxygen atoms in total. The van der Waals surface area contributed by atoms with Crippen molar-refractivity contribution >= 4 is 22.0 Å². The summed E-state index contributed by atoms with van der Waals surface area (Å²) in [6, 6.07) is 13.2. The van der Waals surface area contributed by atoms with Crippen LogP contribution in [0.3, 0.4) is 0 Å². The van der Waals surface area contributed by atoms with Crippen LogP contribution in [0.5, 0.6) is 11.5 Å². The summed E-state index contributed by atoms with van der Waals surface area (Å²) in [7, 11) is -0.760. The highest BCUT2D eigenvalue weighted by atomic mass is 32.2. The van der Waals surface area contributed by atoms with Crippen LogP contribution >= 0.6 is 0 Å². The molecule has 3 aromatic rings. The first-order valence-electron chi connectivity index (χ1n) is 9.99. The lowest BCUT2D eigenvalue weighted by atomic mass is 9.82. The lowest BCUT2D eigenvalue weighted by molar-refractivity contribution is -0.129. The molecular formula is C23H21FN4O5S. The number of methoxy groups -OCH3 is 1. The Balaban J connectivity index is 1.89. The summed E-state index contributed by atoms with van der Waals surface area (Å²) in [4.78, 5) is 23.4. The van der Waals surface area contributed by atoms with Crippen molar-refractivity contribution in [3.63, 3.8) is 0 Å². The van der Waals surface area contributed by atoms with Gasteiger partial charge in [0, 0.05) is 24.9 Å². The predicted molar refractivity (Wildman–Crippen MR) is 123 cm³/mol. The van der Waals surface area contributed by atoms with Crippen LogP contribution in [-0.4, -0.2) is 50.6 Å². The molecule has 1 aliphatic heterocycles. The Hall–Kier alpha value is -3.99. The number of ether oxygens (including phenoxy) is 1. The van der Waals surface area contributed by atoms with Gasteiger partial charge in [0.1, 0.15) is 17.3 Å². The number of rotatable bonds is 6. The molecule has 34 heavy (non-hydrogen) atoms. The number of hydrogen-bond acceptors (Lipinski definition) is 8. The standard InChI is InChI=1S/C23H21FN4O5S/c1-28-21(29)23(27-22(28)25,14-4-7-16(8-5-14)33-34(3,30)31)15-6-9-19(24)18(12-15)20-13-17(32-2)10-11-26-20/h4-13H,1-3H3,(H2,25,27). The van der Waals surface area contributed by atoms with Crippen molar-refractivity contribution in [1.29, 1.82) is 0 Å². The number of nitrogens with zero attached hydrogens (tertiary/aromatic N) is 3. The molecule has 0 saturated heterocycles. The van der Waals surface area contributed by atoms with Crippen molar-refractivity contribution < 1.29 is 26.5 Å². The highest BCUT2D eigenvalue weighted by molar-refractivity contribution is 7.86. The van der Waals surface area contributed by atoms with Gasteiger partial charge < -0.3 is 14.7 Å². The van der Waals surface area contributed by atoms with Gasteiger partial charge in [0.15, 0.2) is 11.5 Å². The van der Waals surface area contributed by atoms with Gasteiger partial charge in [-0.3, -0.25) is 14.7 Å². The molecule has 2 N–H and O–H groups in total. The summed E-state index contributed by atoms with van der Waals surface area (Å²) >= 11 is 0.